The molecule has 4 nitrogen and oxygen atoms in total. The van der Waals surface area contributed by atoms with Crippen molar-refractivity contribution in [3.63, 3.8) is 0 Å². The number of pyridine rings is 1. The van der Waals surface area contributed by atoms with Gasteiger partial charge in [-0.3, -0.25) is 0 Å². The molecule has 0 aliphatic heterocycles. The normalized spacial score (nSPS) is 11.2. The minimum absolute atomic E-state index is 0.0693. The van der Waals surface area contributed by atoms with Crippen molar-refractivity contribution in [3.8, 4) is 11.4 Å². The Morgan fingerprint density at radius 2 is 2.00 bits per heavy atom. The fourth-order valence-electron chi connectivity index (χ4n) is 2.43. The molecule has 0 unspecified atom stereocenters. The predicted octanol–water partition coefficient (Wildman–Crippen LogP) is 2.71. The highest BCUT2D eigenvalue weighted by Crippen LogP contribution is 2.24. The Labute approximate surface area is 117 Å². The van der Waals surface area contributed by atoms with Crippen LogP contribution in [0.15, 0.2) is 36.5 Å². The fourth-order valence-corrected chi connectivity index (χ4v) is 2.43. The average Bonchev–Trinajstić information content (AvgIpc) is 2.77. The van der Waals surface area contributed by atoms with Gasteiger partial charge in [-0.25, -0.2) is 9.97 Å². The molecule has 0 atom stereocenters. The SMILES string of the molecule is Cc1cccc(-c2nc3cc(C)cnc3n2CCO)c1. The van der Waals surface area contributed by atoms with Crippen molar-refractivity contribution in [1.82, 2.24) is 14.5 Å². The molecule has 3 rings (SSSR count). The Balaban J connectivity index is 2.25. The molecule has 0 fully saturated rings. The van der Waals surface area contributed by atoms with Crippen molar-refractivity contribution < 1.29 is 5.11 Å². The lowest BCUT2D eigenvalue weighted by Gasteiger charge is -2.07. The van der Waals surface area contributed by atoms with Gasteiger partial charge in [0.15, 0.2) is 5.65 Å². The number of benzene rings is 1. The summed E-state index contributed by atoms with van der Waals surface area (Å²) in [5.41, 5.74) is 5.02. The molecule has 20 heavy (non-hydrogen) atoms. The summed E-state index contributed by atoms with van der Waals surface area (Å²) in [7, 11) is 0. The molecule has 3 aromatic rings. The number of rotatable bonds is 3. The van der Waals surface area contributed by atoms with Crippen LogP contribution in [0.4, 0.5) is 0 Å². The summed E-state index contributed by atoms with van der Waals surface area (Å²) in [4.78, 5) is 9.15. The summed E-state index contributed by atoms with van der Waals surface area (Å²) in [5.74, 6) is 0.857. The van der Waals surface area contributed by atoms with Crippen molar-refractivity contribution in [1.29, 1.82) is 0 Å². The zero-order chi connectivity index (χ0) is 14.1. The van der Waals surface area contributed by atoms with Gasteiger partial charge in [0.05, 0.1) is 6.61 Å². The van der Waals surface area contributed by atoms with Gasteiger partial charge in [-0.1, -0.05) is 23.8 Å². The Morgan fingerprint density at radius 1 is 1.15 bits per heavy atom. The summed E-state index contributed by atoms with van der Waals surface area (Å²) >= 11 is 0. The van der Waals surface area contributed by atoms with Gasteiger partial charge in [-0.2, -0.15) is 0 Å². The second kappa shape index (κ2) is 5.06. The Bertz CT molecular complexity index is 762. The zero-order valence-electron chi connectivity index (χ0n) is 11.7. The maximum atomic E-state index is 9.30. The molecular weight excluding hydrogens is 250 g/mol. The molecule has 0 spiro atoms. The third kappa shape index (κ3) is 2.18. The maximum Gasteiger partial charge on any atom is 0.160 e. The van der Waals surface area contributed by atoms with Gasteiger partial charge in [0.1, 0.15) is 11.3 Å². The lowest BCUT2D eigenvalue weighted by Crippen LogP contribution is -2.05. The highest BCUT2D eigenvalue weighted by atomic mass is 16.3. The van der Waals surface area contributed by atoms with E-state index < -0.39 is 0 Å². The Hall–Kier alpha value is -2.20. The van der Waals surface area contributed by atoms with Crippen LogP contribution in [0.1, 0.15) is 11.1 Å². The van der Waals surface area contributed by atoms with E-state index in [4.69, 9.17) is 4.98 Å². The first-order valence-corrected chi connectivity index (χ1v) is 6.70. The average molecular weight is 267 g/mol. The molecule has 1 aromatic carbocycles. The molecule has 0 radical (unpaired) electrons. The summed E-state index contributed by atoms with van der Waals surface area (Å²) in [6.45, 7) is 4.63. The van der Waals surface area contributed by atoms with E-state index in [1.165, 1.54) is 5.56 Å². The van der Waals surface area contributed by atoms with Crippen molar-refractivity contribution in [2.24, 2.45) is 0 Å². The number of fused-ring (bicyclic) bond motifs is 1. The third-order valence-electron chi connectivity index (χ3n) is 3.32. The minimum Gasteiger partial charge on any atom is -0.395 e. The van der Waals surface area contributed by atoms with Gasteiger partial charge in [0, 0.05) is 18.3 Å². The van der Waals surface area contributed by atoms with Gasteiger partial charge in [0.25, 0.3) is 0 Å². The number of aryl methyl sites for hydroxylation is 2. The van der Waals surface area contributed by atoms with Crippen LogP contribution in [-0.4, -0.2) is 26.2 Å². The van der Waals surface area contributed by atoms with Crippen LogP contribution in [0.5, 0.6) is 0 Å². The van der Waals surface area contributed by atoms with E-state index in [9.17, 15) is 5.11 Å². The van der Waals surface area contributed by atoms with Crippen LogP contribution in [0.2, 0.25) is 0 Å². The number of nitrogens with zero attached hydrogens (tertiary/aromatic N) is 3. The third-order valence-corrected chi connectivity index (χ3v) is 3.32. The molecule has 4 heteroatoms. The molecule has 1 N–H and O–H groups in total. The van der Waals surface area contributed by atoms with Gasteiger partial charge in [-0.15, -0.1) is 0 Å². The van der Waals surface area contributed by atoms with Crippen LogP contribution in [0.3, 0.4) is 0 Å². The van der Waals surface area contributed by atoms with Gasteiger partial charge >= 0.3 is 0 Å². The molecule has 2 aromatic heterocycles. The molecule has 0 aliphatic carbocycles. The van der Waals surface area contributed by atoms with Crippen LogP contribution in [0.25, 0.3) is 22.6 Å². The van der Waals surface area contributed by atoms with E-state index in [-0.39, 0.29) is 6.61 Å². The maximum absolute atomic E-state index is 9.30. The standard InChI is InChI=1S/C16H17N3O/c1-11-4-3-5-13(8-11)15-18-14-9-12(2)10-17-16(14)19(15)6-7-20/h3-5,8-10,20H,6-7H2,1-2H3. The number of hydrogen-bond acceptors (Lipinski definition) is 3. The Morgan fingerprint density at radius 3 is 2.75 bits per heavy atom. The summed E-state index contributed by atoms with van der Waals surface area (Å²) in [6.07, 6.45) is 1.83. The van der Waals surface area contributed by atoms with Crippen LogP contribution < -0.4 is 0 Å². The summed E-state index contributed by atoms with van der Waals surface area (Å²) in [6, 6.07) is 10.2. The number of imidazole rings is 1. The highest BCUT2D eigenvalue weighted by molar-refractivity contribution is 5.77. The van der Waals surface area contributed by atoms with Gasteiger partial charge < -0.3 is 9.67 Å². The monoisotopic (exact) mass is 267 g/mol. The van der Waals surface area contributed by atoms with E-state index in [0.29, 0.717) is 6.54 Å². The lowest BCUT2D eigenvalue weighted by atomic mass is 10.1. The van der Waals surface area contributed by atoms with Crippen molar-refractivity contribution in [3.05, 3.63) is 47.7 Å². The van der Waals surface area contributed by atoms with E-state index in [1.807, 2.05) is 35.9 Å². The lowest BCUT2D eigenvalue weighted by molar-refractivity contribution is 0.278. The zero-order valence-corrected chi connectivity index (χ0v) is 11.7. The first-order chi connectivity index (χ1) is 9.69. The van der Waals surface area contributed by atoms with Crippen molar-refractivity contribution in [2.45, 2.75) is 20.4 Å². The van der Waals surface area contributed by atoms with Crippen LogP contribution in [-0.2, 0) is 6.54 Å². The van der Waals surface area contributed by atoms with Gasteiger partial charge in [0.2, 0.25) is 0 Å². The first-order valence-electron chi connectivity index (χ1n) is 6.70. The highest BCUT2D eigenvalue weighted by Gasteiger charge is 2.13. The predicted molar refractivity (Wildman–Crippen MR) is 79.5 cm³/mol. The van der Waals surface area contributed by atoms with E-state index in [2.05, 4.69) is 24.0 Å². The second-order valence-corrected chi connectivity index (χ2v) is 5.04. The second-order valence-electron chi connectivity index (χ2n) is 5.04. The molecule has 0 amide bonds. The van der Waals surface area contributed by atoms with Crippen molar-refractivity contribution in [2.75, 3.05) is 6.61 Å². The first kappa shape index (κ1) is 12.8. The summed E-state index contributed by atoms with van der Waals surface area (Å²) in [5, 5.41) is 9.30. The Kier molecular flexibility index (Phi) is 3.24. The number of aromatic nitrogens is 3. The van der Waals surface area contributed by atoms with Crippen LogP contribution >= 0.6 is 0 Å². The quantitative estimate of drug-likeness (QED) is 0.793. The molecule has 0 saturated heterocycles. The fraction of sp³-hybridized carbons (Fsp3) is 0.250. The number of hydrogen-bond donors (Lipinski definition) is 1. The van der Waals surface area contributed by atoms with E-state index >= 15 is 0 Å². The topological polar surface area (TPSA) is 50.9 Å². The molecule has 0 saturated carbocycles. The van der Waals surface area contributed by atoms with Crippen LogP contribution in [0, 0.1) is 13.8 Å². The van der Waals surface area contributed by atoms with Crippen molar-refractivity contribution >= 4 is 11.2 Å². The summed E-state index contributed by atoms with van der Waals surface area (Å²) < 4.78 is 1.98. The van der Waals surface area contributed by atoms with Gasteiger partial charge in [-0.05, 0) is 31.5 Å². The molecule has 2 heterocycles. The van der Waals surface area contributed by atoms with E-state index in [1.54, 1.807) is 0 Å². The number of aliphatic hydroxyl groups is 1. The number of aliphatic hydroxyl groups excluding tert-OH is 1. The smallest absolute Gasteiger partial charge is 0.160 e. The largest absolute Gasteiger partial charge is 0.395 e. The van der Waals surface area contributed by atoms with E-state index in [0.717, 1.165) is 28.1 Å². The molecular formula is C16H17N3O. The molecule has 0 aliphatic rings. The molecule has 102 valence electrons. The minimum atomic E-state index is 0.0693. The molecule has 0 bridgehead atoms.